The van der Waals surface area contributed by atoms with E-state index in [1.807, 2.05) is 0 Å². The molecule has 1 saturated heterocycles. The van der Waals surface area contributed by atoms with Crippen molar-refractivity contribution in [2.75, 3.05) is 32.9 Å². The molecular formula is C17H30IN3O2S. The van der Waals surface area contributed by atoms with Gasteiger partial charge in [-0.25, -0.2) is 0 Å². The molecule has 0 aromatic carbocycles. The third-order valence-corrected chi connectivity index (χ3v) is 4.53. The fraction of sp³-hybridized carbons (Fsp3) is 0.706. The minimum Gasteiger partial charge on any atom is -0.379 e. The Morgan fingerprint density at radius 3 is 2.96 bits per heavy atom. The molecule has 7 heteroatoms. The van der Waals surface area contributed by atoms with Crippen LogP contribution in [0.4, 0.5) is 0 Å². The predicted molar refractivity (Wildman–Crippen MR) is 112 cm³/mol. The molecule has 2 heterocycles. The van der Waals surface area contributed by atoms with Crippen molar-refractivity contribution in [3.8, 4) is 0 Å². The van der Waals surface area contributed by atoms with Crippen molar-refractivity contribution in [2.24, 2.45) is 4.99 Å². The Bertz CT molecular complexity index is 464. The van der Waals surface area contributed by atoms with Crippen LogP contribution in [-0.4, -0.2) is 51.0 Å². The normalized spacial score (nSPS) is 20.3. The van der Waals surface area contributed by atoms with Gasteiger partial charge in [-0.2, -0.15) is 11.3 Å². The highest BCUT2D eigenvalue weighted by Gasteiger charge is 2.17. The topological polar surface area (TPSA) is 54.9 Å². The van der Waals surface area contributed by atoms with Crippen molar-refractivity contribution >= 4 is 41.3 Å². The van der Waals surface area contributed by atoms with Gasteiger partial charge in [-0.05, 0) is 42.7 Å². The number of guanidine groups is 1. The largest absolute Gasteiger partial charge is 0.379 e. The summed E-state index contributed by atoms with van der Waals surface area (Å²) in [4.78, 5) is 4.71. The molecule has 1 aromatic rings. The zero-order valence-electron chi connectivity index (χ0n) is 14.8. The van der Waals surface area contributed by atoms with Crippen molar-refractivity contribution in [2.45, 2.75) is 45.3 Å². The van der Waals surface area contributed by atoms with Gasteiger partial charge in [0.05, 0.1) is 19.3 Å². The maximum Gasteiger partial charge on any atom is 0.191 e. The number of nitrogens with zero attached hydrogens (tertiary/aromatic N) is 1. The van der Waals surface area contributed by atoms with Crippen LogP contribution in [0.5, 0.6) is 0 Å². The van der Waals surface area contributed by atoms with E-state index in [2.05, 4.69) is 48.2 Å². The highest BCUT2D eigenvalue weighted by atomic mass is 127. The fourth-order valence-corrected chi connectivity index (χ4v) is 3.19. The molecule has 0 amide bonds. The van der Waals surface area contributed by atoms with Crippen molar-refractivity contribution in [1.29, 1.82) is 0 Å². The number of aliphatic imine (C=N–C) groups is 1. The van der Waals surface area contributed by atoms with Gasteiger partial charge >= 0.3 is 0 Å². The maximum atomic E-state index is 5.86. The SMILES string of the molecule is CCNC(=NCC(C)c1ccsc1)NC(C)COC1CCOC1.I. The quantitative estimate of drug-likeness (QED) is 0.350. The van der Waals surface area contributed by atoms with E-state index >= 15 is 0 Å². The summed E-state index contributed by atoms with van der Waals surface area (Å²) in [6.07, 6.45) is 1.25. The van der Waals surface area contributed by atoms with Gasteiger partial charge in [-0.1, -0.05) is 6.92 Å². The maximum absolute atomic E-state index is 5.86. The molecule has 2 N–H and O–H groups in total. The Morgan fingerprint density at radius 1 is 1.50 bits per heavy atom. The minimum absolute atomic E-state index is 0. The average Bonchev–Trinajstić information content (AvgIpc) is 3.23. The Balaban J connectivity index is 0.00000288. The Kier molecular flexibility index (Phi) is 10.9. The molecule has 2 rings (SSSR count). The monoisotopic (exact) mass is 467 g/mol. The second kappa shape index (κ2) is 12.1. The molecule has 1 fully saturated rings. The second-order valence-corrected chi connectivity index (χ2v) is 6.82. The number of hydrogen-bond donors (Lipinski definition) is 2. The summed E-state index contributed by atoms with van der Waals surface area (Å²) in [5.41, 5.74) is 1.35. The van der Waals surface area contributed by atoms with E-state index in [0.717, 1.165) is 38.7 Å². The number of halogens is 1. The third-order valence-electron chi connectivity index (χ3n) is 3.83. The van der Waals surface area contributed by atoms with Crippen LogP contribution in [0.1, 0.15) is 38.7 Å². The van der Waals surface area contributed by atoms with Crippen LogP contribution in [-0.2, 0) is 9.47 Å². The number of thiophene rings is 1. The molecular weight excluding hydrogens is 437 g/mol. The molecule has 0 spiro atoms. The number of nitrogens with one attached hydrogen (secondary N) is 2. The summed E-state index contributed by atoms with van der Waals surface area (Å²) in [5.74, 6) is 1.28. The molecule has 5 nitrogen and oxygen atoms in total. The van der Waals surface area contributed by atoms with Crippen molar-refractivity contribution in [1.82, 2.24) is 10.6 Å². The highest BCUT2D eigenvalue weighted by molar-refractivity contribution is 14.0. The molecule has 3 unspecified atom stereocenters. The molecule has 0 radical (unpaired) electrons. The van der Waals surface area contributed by atoms with Crippen molar-refractivity contribution in [3.05, 3.63) is 22.4 Å². The van der Waals surface area contributed by atoms with Gasteiger partial charge < -0.3 is 20.1 Å². The molecule has 0 aliphatic carbocycles. The van der Waals surface area contributed by atoms with Gasteiger partial charge in [0.1, 0.15) is 0 Å². The summed E-state index contributed by atoms with van der Waals surface area (Å²) in [6, 6.07) is 2.38. The Hall–Kier alpha value is -0.380. The van der Waals surface area contributed by atoms with Gasteiger partial charge in [0.15, 0.2) is 5.96 Å². The molecule has 1 aromatic heterocycles. The summed E-state index contributed by atoms with van der Waals surface area (Å²) >= 11 is 1.74. The van der Waals surface area contributed by atoms with Crippen LogP contribution in [0.25, 0.3) is 0 Å². The van der Waals surface area contributed by atoms with Crippen molar-refractivity contribution < 1.29 is 9.47 Å². The number of rotatable bonds is 8. The zero-order chi connectivity index (χ0) is 16.5. The lowest BCUT2D eigenvalue weighted by Crippen LogP contribution is -2.44. The smallest absolute Gasteiger partial charge is 0.191 e. The highest BCUT2D eigenvalue weighted by Crippen LogP contribution is 2.18. The van der Waals surface area contributed by atoms with Gasteiger partial charge in [0.25, 0.3) is 0 Å². The van der Waals surface area contributed by atoms with Crippen LogP contribution < -0.4 is 10.6 Å². The van der Waals surface area contributed by atoms with E-state index in [-0.39, 0.29) is 36.1 Å². The van der Waals surface area contributed by atoms with Crippen LogP contribution in [0.3, 0.4) is 0 Å². The Labute approximate surface area is 166 Å². The van der Waals surface area contributed by atoms with Crippen LogP contribution in [0.15, 0.2) is 21.8 Å². The lowest BCUT2D eigenvalue weighted by molar-refractivity contribution is 0.0347. The summed E-state index contributed by atoms with van der Waals surface area (Å²) in [6.45, 7) is 10.2. The first kappa shape index (κ1) is 21.7. The van der Waals surface area contributed by atoms with Crippen LogP contribution in [0, 0.1) is 0 Å². The first-order valence-corrected chi connectivity index (χ1v) is 9.39. The summed E-state index contributed by atoms with van der Waals surface area (Å²) < 4.78 is 11.2. The van der Waals surface area contributed by atoms with E-state index in [4.69, 9.17) is 14.5 Å². The lowest BCUT2D eigenvalue weighted by atomic mass is 10.1. The molecule has 138 valence electrons. The van der Waals surface area contributed by atoms with Gasteiger partial charge in [0.2, 0.25) is 0 Å². The zero-order valence-corrected chi connectivity index (χ0v) is 17.9. The first-order chi connectivity index (χ1) is 11.2. The molecule has 0 saturated carbocycles. The molecule has 3 atom stereocenters. The molecule has 0 bridgehead atoms. The van der Waals surface area contributed by atoms with E-state index in [1.165, 1.54) is 5.56 Å². The third kappa shape index (κ3) is 7.67. The summed E-state index contributed by atoms with van der Waals surface area (Å²) in [7, 11) is 0. The van der Waals surface area contributed by atoms with E-state index < -0.39 is 0 Å². The fourth-order valence-electron chi connectivity index (χ4n) is 2.41. The van der Waals surface area contributed by atoms with E-state index in [1.54, 1.807) is 11.3 Å². The molecule has 24 heavy (non-hydrogen) atoms. The van der Waals surface area contributed by atoms with Gasteiger partial charge in [-0.15, -0.1) is 24.0 Å². The molecule has 1 aliphatic heterocycles. The number of ether oxygens (including phenoxy) is 2. The molecule has 1 aliphatic rings. The van der Waals surface area contributed by atoms with Crippen molar-refractivity contribution in [3.63, 3.8) is 0 Å². The second-order valence-electron chi connectivity index (χ2n) is 6.04. The van der Waals surface area contributed by atoms with Crippen LogP contribution >= 0.6 is 35.3 Å². The van der Waals surface area contributed by atoms with E-state index in [0.29, 0.717) is 12.5 Å². The van der Waals surface area contributed by atoms with Crippen LogP contribution in [0.2, 0.25) is 0 Å². The van der Waals surface area contributed by atoms with E-state index in [9.17, 15) is 0 Å². The standard InChI is InChI=1S/C17H29N3O2S.HI/c1-4-18-17(19-9-13(2)15-6-8-23-12-15)20-14(3)10-22-16-5-7-21-11-16;/h6,8,12-14,16H,4-5,7,9-11H2,1-3H3,(H2,18,19,20);1H. The minimum atomic E-state index is 0. The van der Waals surface area contributed by atoms with Gasteiger partial charge in [-0.3, -0.25) is 4.99 Å². The average molecular weight is 467 g/mol. The summed E-state index contributed by atoms with van der Waals surface area (Å²) in [5, 5.41) is 11.0. The lowest BCUT2D eigenvalue weighted by Gasteiger charge is -2.20. The Morgan fingerprint density at radius 2 is 2.33 bits per heavy atom. The predicted octanol–water partition coefficient (Wildman–Crippen LogP) is 3.22. The van der Waals surface area contributed by atoms with Gasteiger partial charge in [0, 0.05) is 31.7 Å². The first-order valence-electron chi connectivity index (χ1n) is 8.45. The number of hydrogen-bond acceptors (Lipinski definition) is 4.